The van der Waals surface area contributed by atoms with Gasteiger partial charge in [0.15, 0.2) is 11.0 Å². The van der Waals surface area contributed by atoms with E-state index in [1.54, 1.807) is 23.9 Å². The average molecular weight is 383 g/mol. The summed E-state index contributed by atoms with van der Waals surface area (Å²) in [6, 6.07) is 10.1. The van der Waals surface area contributed by atoms with E-state index in [-0.39, 0.29) is 5.82 Å². The van der Waals surface area contributed by atoms with Crippen LogP contribution in [0.2, 0.25) is 0 Å². The Bertz CT molecular complexity index is 1050. The maximum Gasteiger partial charge on any atom is 0.182 e. The van der Waals surface area contributed by atoms with Crippen molar-refractivity contribution >= 4 is 28.3 Å². The van der Waals surface area contributed by atoms with Crippen LogP contribution in [-0.4, -0.2) is 26.4 Å². The smallest absolute Gasteiger partial charge is 0.182 e. The first kappa shape index (κ1) is 17.5. The molecule has 0 aliphatic carbocycles. The van der Waals surface area contributed by atoms with Gasteiger partial charge in [0.25, 0.3) is 0 Å². The quantitative estimate of drug-likeness (QED) is 0.734. The number of hydrogen-bond donors (Lipinski definition) is 1. The fourth-order valence-electron chi connectivity index (χ4n) is 3.01. The van der Waals surface area contributed by atoms with E-state index in [1.807, 2.05) is 26.8 Å². The van der Waals surface area contributed by atoms with Crippen LogP contribution >= 0.6 is 11.8 Å². The number of nitrogens with zero attached hydrogens (tertiary/aromatic N) is 4. The van der Waals surface area contributed by atoms with Crippen molar-refractivity contribution in [2.75, 3.05) is 5.75 Å². The minimum atomic E-state index is -0.277. The van der Waals surface area contributed by atoms with E-state index in [9.17, 15) is 4.39 Å². The Morgan fingerprint density at radius 1 is 1.19 bits per heavy atom. The summed E-state index contributed by atoms with van der Waals surface area (Å²) in [5.74, 6) is 1.95. The third kappa shape index (κ3) is 3.52. The fourth-order valence-corrected chi connectivity index (χ4v) is 3.78. The van der Waals surface area contributed by atoms with Gasteiger partial charge in [-0.3, -0.25) is 9.99 Å². The Hall–Kier alpha value is -2.87. The number of aromatic nitrogens is 2. The van der Waals surface area contributed by atoms with Gasteiger partial charge < -0.3 is 4.52 Å². The molecule has 0 fully saturated rings. The van der Waals surface area contributed by atoms with Crippen molar-refractivity contribution in [3.05, 3.63) is 64.9 Å². The van der Waals surface area contributed by atoms with E-state index >= 15 is 0 Å². The van der Waals surface area contributed by atoms with Gasteiger partial charge in [-0.05, 0) is 51.1 Å². The zero-order valence-electron chi connectivity index (χ0n) is 15.2. The van der Waals surface area contributed by atoms with Crippen molar-refractivity contribution < 1.29 is 8.91 Å². The molecule has 1 aliphatic heterocycles. The molecule has 3 aromatic rings. The Balaban J connectivity index is 1.59. The molecule has 1 aromatic carbocycles. The number of aliphatic imine (C=N–C) groups is 1. The summed E-state index contributed by atoms with van der Waals surface area (Å²) in [6.07, 6.45) is 0. The molecule has 0 atom stereocenters. The predicted octanol–water partition coefficient (Wildman–Crippen LogP) is 4.26. The standard InChI is InChI=1S/C19H18FN5OS/c1-11-8-16(13(3)25(11)18-9-12(2)26-24-18)17-10-27-19(23-22-17)21-15-6-4-14(20)5-7-15/h4-9H,10H2,1-3H3,(H,21,23). The van der Waals surface area contributed by atoms with Crippen LogP contribution in [0.15, 0.2) is 51.0 Å². The topological polar surface area (TPSA) is 67.7 Å². The number of halogens is 1. The maximum absolute atomic E-state index is 13.0. The molecule has 0 radical (unpaired) electrons. The molecule has 138 valence electrons. The van der Waals surface area contributed by atoms with Gasteiger partial charge >= 0.3 is 0 Å². The van der Waals surface area contributed by atoms with E-state index in [0.29, 0.717) is 16.6 Å². The van der Waals surface area contributed by atoms with E-state index in [0.717, 1.165) is 34.2 Å². The number of benzene rings is 1. The van der Waals surface area contributed by atoms with Crippen LogP contribution in [0.4, 0.5) is 10.1 Å². The van der Waals surface area contributed by atoms with Gasteiger partial charge in [0.1, 0.15) is 11.6 Å². The lowest BCUT2D eigenvalue weighted by Crippen LogP contribution is -2.25. The summed E-state index contributed by atoms with van der Waals surface area (Å²) in [4.78, 5) is 4.45. The van der Waals surface area contributed by atoms with Gasteiger partial charge in [-0.15, -0.1) is 0 Å². The minimum absolute atomic E-state index is 0.277. The van der Waals surface area contributed by atoms with E-state index in [4.69, 9.17) is 4.52 Å². The largest absolute Gasteiger partial charge is 0.360 e. The van der Waals surface area contributed by atoms with Crippen LogP contribution in [0.25, 0.3) is 5.82 Å². The highest BCUT2D eigenvalue weighted by Crippen LogP contribution is 2.24. The molecule has 0 saturated heterocycles. The zero-order chi connectivity index (χ0) is 19.0. The van der Waals surface area contributed by atoms with E-state index < -0.39 is 0 Å². The summed E-state index contributed by atoms with van der Waals surface area (Å²) in [7, 11) is 0. The average Bonchev–Trinajstić information content (AvgIpc) is 3.20. The molecule has 0 amide bonds. The van der Waals surface area contributed by atoms with Crippen LogP contribution in [-0.2, 0) is 0 Å². The first-order valence-corrected chi connectivity index (χ1v) is 9.42. The lowest BCUT2D eigenvalue weighted by atomic mass is 10.1. The first-order chi connectivity index (χ1) is 13.0. The number of thioether (sulfide) groups is 1. The molecule has 4 rings (SSSR count). The van der Waals surface area contributed by atoms with Gasteiger partial charge in [-0.2, -0.15) is 5.10 Å². The van der Waals surface area contributed by atoms with Gasteiger partial charge in [0.2, 0.25) is 0 Å². The van der Waals surface area contributed by atoms with Crippen LogP contribution in [0.3, 0.4) is 0 Å². The van der Waals surface area contributed by atoms with Gasteiger partial charge in [-0.1, -0.05) is 16.9 Å². The van der Waals surface area contributed by atoms with Crippen molar-refractivity contribution in [2.45, 2.75) is 20.8 Å². The summed E-state index contributed by atoms with van der Waals surface area (Å²) in [6.45, 7) is 5.95. The zero-order valence-corrected chi connectivity index (χ0v) is 16.0. The third-order valence-electron chi connectivity index (χ3n) is 4.28. The Morgan fingerprint density at radius 3 is 2.59 bits per heavy atom. The Labute approximate surface area is 160 Å². The summed E-state index contributed by atoms with van der Waals surface area (Å²) in [5.41, 5.74) is 7.81. The molecule has 2 aromatic heterocycles. The minimum Gasteiger partial charge on any atom is -0.360 e. The second kappa shape index (κ2) is 7.03. The number of hydrazone groups is 1. The molecule has 0 saturated carbocycles. The molecule has 0 spiro atoms. The Morgan fingerprint density at radius 2 is 1.96 bits per heavy atom. The SMILES string of the molecule is Cc1cc(-n2c(C)cc(C3=NNC(=Nc4ccc(F)cc4)SC3)c2C)no1. The van der Waals surface area contributed by atoms with Crippen LogP contribution in [0, 0.1) is 26.6 Å². The number of hydrogen-bond acceptors (Lipinski definition) is 5. The van der Waals surface area contributed by atoms with Crippen molar-refractivity contribution in [2.24, 2.45) is 10.1 Å². The molecule has 1 N–H and O–H groups in total. The molecule has 27 heavy (non-hydrogen) atoms. The van der Waals surface area contributed by atoms with Gasteiger partial charge in [-0.25, -0.2) is 9.38 Å². The maximum atomic E-state index is 13.0. The van der Waals surface area contributed by atoms with Gasteiger partial charge in [0.05, 0.1) is 11.4 Å². The second-order valence-electron chi connectivity index (χ2n) is 6.27. The summed E-state index contributed by atoms with van der Waals surface area (Å²) >= 11 is 1.56. The molecular weight excluding hydrogens is 365 g/mol. The first-order valence-electron chi connectivity index (χ1n) is 8.44. The monoisotopic (exact) mass is 383 g/mol. The number of amidine groups is 1. The molecule has 6 nitrogen and oxygen atoms in total. The fraction of sp³-hybridized carbons (Fsp3) is 0.211. The lowest BCUT2D eigenvalue weighted by molar-refractivity contribution is 0.394. The molecular formula is C19H18FN5OS. The Kier molecular flexibility index (Phi) is 4.57. The lowest BCUT2D eigenvalue weighted by Gasteiger charge is -2.15. The predicted molar refractivity (Wildman–Crippen MR) is 106 cm³/mol. The summed E-state index contributed by atoms with van der Waals surface area (Å²) < 4.78 is 20.3. The second-order valence-corrected chi connectivity index (χ2v) is 7.23. The molecule has 1 aliphatic rings. The van der Waals surface area contributed by atoms with Crippen LogP contribution in [0.1, 0.15) is 22.7 Å². The molecule has 0 bridgehead atoms. The number of aryl methyl sites for hydroxylation is 2. The van der Waals surface area contributed by atoms with Crippen LogP contribution in [0.5, 0.6) is 0 Å². The highest BCUT2D eigenvalue weighted by atomic mass is 32.2. The van der Waals surface area contributed by atoms with Crippen molar-refractivity contribution in [1.29, 1.82) is 0 Å². The van der Waals surface area contributed by atoms with E-state index in [2.05, 4.69) is 31.3 Å². The number of nitrogens with one attached hydrogen (secondary N) is 1. The van der Waals surface area contributed by atoms with Crippen molar-refractivity contribution in [1.82, 2.24) is 15.1 Å². The van der Waals surface area contributed by atoms with Gasteiger partial charge in [0, 0.05) is 28.8 Å². The molecule has 3 heterocycles. The van der Waals surface area contributed by atoms with Crippen LogP contribution < -0.4 is 5.43 Å². The molecule has 8 heteroatoms. The van der Waals surface area contributed by atoms with Crippen molar-refractivity contribution in [3.63, 3.8) is 0 Å². The highest BCUT2D eigenvalue weighted by molar-refractivity contribution is 8.14. The highest BCUT2D eigenvalue weighted by Gasteiger charge is 2.20. The normalized spacial score (nSPS) is 15.7. The number of rotatable bonds is 3. The summed E-state index contributed by atoms with van der Waals surface area (Å²) in [5, 5.41) is 9.29. The van der Waals surface area contributed by atoms with E-state index in [1.165, 1.54) is 12.1 Å². The van der Waals surface area contributed by atoms with Crippen molar-refractivity contribution in [3.8, 4) is 5.82 Å². The third-order valence-corrected chi connectivity index (χ3v) is 5.15. The molecule has 0 unspecified atom stereocenters.